The van der Waals surface area contributed by atoms with Crippen LogP contribution in [0.3, 0.4) is 0 Å². The van der Waals surface area contributed by atoms with Gasteiger partial charge in [0.15, 0.2) is 0 Å². The molecule has 0 saturated carbocycles. The lowest BCUT2D eigenvalue weighted by Gasteiger charge is -2.26. The van der Waals surface area contributed by atoms with Crippen LogP contribution in [0, 0.1) is 6.92 Å². The molecule has 0 amide bonds. The number of aromatic nitrogens is 1. The van der Waals surface area contributed by atoms with Gasteiger partial charge in [-0.1, -0.05) is 0 Å². The van der Waals surface area contributed by atoms with E-state index in [1.54, 1.807) is 19.1 Å². The maximum atomic E-state index is 11.0. The second-order valence-corrected chi connectivity index (χ2v) is 5.26. The van der Waals surface area contributed by atoms with Crippen LogP contribution in [0.25, 0.3) is 0 Å². The number of carbonyl (C=O) groups is 1. The highest BCUT2D eigenvalue weighted by atomic mass is 16.4. The second kappa shape index (κ2) is 5.57. The molecule has 19 heavy (non-hydrogen) atoms. The molecule has 1 fully saturated rings. The molecule has 5 heteroatoms. The monoisotopic (exact) mass is 263 g/mol. The van der Waals surface area contributed by atoms with Gasteiger partial charge in [0.2, 0.25) is 0 Å². The van der Waals surface area contributed by atoms with Gasteiger partial charge in [-0.2, -0.15) is 0 Å². The quantitative estimate of drug-likeness (QED) is 0.894. The molecule has 1 atom stereocenters. The van der Waals surface area contributed by atoms with Crippen LogP contribution < -0.4 is 4.90 Å². The molecule has 0 bridgehead atoms. The van der Waals surface area contributed by atoms with Gasteiger partial charge in [-0.15, -0.1) is 0 Å². The molecule has 1 aliphatic heterocycles. The van der Waals surface area contributed by atoms with Gasteiger partial charge in [0, 0.05) is 19.6 Å². The van der Waals surface area contributed by atoms with Crippen LogP contribution in [0.15, 0.2) is 12.1 Å². The van der Waals surface area contributed by atoms with Gasteiger partial charge in [0.1, 0.15) is 5.82 Å². The van der Waals surface area contributed by atoms with Crippen molar-refractivity contribution < 1.29 is 9.90 Å². The van der Waals surface area contributed by atoms with Gasteiger partial charge in [-0.05, 0) is 45.5 Å². The predicted molar refractivity (Wildman–Crippen MR) is 74.9 cm³/mol. The number of nitrogens with zero attached hydrogens (tertiary/aromatic N) is 3. The first-order valence-electron chi connectivity index (χ1n) is 6.61. The molecule has 0 spiro atoms. The Balaban J connectivity index is 2.09. The highest BCUT2D eigenvalue weighted by molar-refractivity contribution is 5.89. The lowest BCUT2D eigenvalue weighted by molar-refractivity contribution is 0.0695. The molecule has 2 heterocycles. The van der Waals surface area contributed by atoms with E-state index in [4.69, 9.17) is 5.11 Å². The summed E-state index contributed by atoms with van der Waals surface area (Å²) in [5, 5.41) is 9.00. The van der Waals surface area contributed by atoms with E-state index in [0.29, 0.717) is 11.7 Å². The number of aryl methyl sites for hydroxylation is 1. The van der Waals surface area contributed by atoms with Crippen LogP contribution >= 0.6 is 0 Å². The fourth-order valence-corrected chi connectivity index (χ4v) is 2.61. The molecular formula is C14H21N3O2. The Bertz CT molecular complexity index is 476. The molecule has 0 aliphatic carbocycles. The zero-order valence-electron chi connectivity index (χ0n) is 11.8. The molecule has 2 rings (SSSR count). The maximum Gasteiger partial charge on any atom is 0.337 e. The molecule has 5 nitrogen and oxygen atoms in total. The summed E-state index contributed by atoms with van der Waals surface area (Å²) in [4.78, 5) is 19.8. The molecule has 1 aliphatic rings. The summed E-state index contributed by atoms with van der Waals surface area (Å²) in [6.07, 6.45) is 2.46. The van der Waals surface area contributed by atoms with Gasteiger partial charge in [-0.25, -0.2) is 9.78 Å². The highest BCUT2D eigenvalue weighted by Crippen LogP contribution is 2.19. The largest absolute Gasteiger partial charge is 0.478 e. The predicted octanol–water partition coefficient (Wildman–Crippen LogP) is 1.62. The van der Waals surface area contributed by atoms with E-state index < -0.39 is 5.97 Å². The molecule has 0 aromatic carbocycles. The van der Waals surface area contributed by atoms with Crippen LogP contribution in [0.4, 0.5) is 5.82 Å². The van der Waals surface area contributed by atoms with Crippen LogP contribution in [-0.4, -0.2) is 54.2 Å². The molecule has 1 unspecified atom stereocenters. The normalized spacial score (nSPS) is 19.6. The number of likely N-dealkylation sites (tertiary alicyclic amines) is 1. The van der Waals surface area contributed by atoms with Crippen molar-refractivity contribution in [3.05, 3.63) is 23.4 Å². The number of rotatable bonds is 4. The molecule has 1 saturated heterocycles. The fraction of sp³-hybridized carbons (Fsp3) is 0.571. The standard InChI is InChI=1S/C14H21N3O2/c1-10-12(14(18)19)6-7-13(15-10)17(3)9-11-5-4-8-16(11)2/h6-7,11H,4-5,8-9H2,1-3H3,(H,18,19). The molecule has 104 valence electrons. The van der Waals surface area contributed by atoms with E-state index in [1.165, 1.54) is 12.8 Å². The van der Waals surface area contributed by atoms with Crippen molar-refractivity contribution in [2.24, 2.45) is 0 Å². The summed E-state index contributed by atoms with van der Waals surface area (Å²) >= 11 is 0. The second-order valence-electron chi connectivity index (χ2n) is 5.26. The van der Waals surface area contributed by atoms with Crippen molar-refractivity contribution in [3.63, 3.8) is 0 Å². The average molecular weight is 263 g/mol. The lowest BCUT2D eigenvalue weighted by Crippen LogP contribution is -2.37. The number of carboxylic acids is 1. The first-order chi connectivity index (χ1) is 8.99. The van der Waals surface area contributed by atoms with Crippen LogP contribution in [0.5, 0.6) is 0 Å². The first kappa shape index (κ1) is 13.8. The Morgan fingerprint density at radius 3 is 2.84 bits per heavy atom. The van der Waals surface area contributed by atoms with E-state index >= 15 is 0 Å². The van der Waals surface area contributed by atoms with Crippen molar-refractivity contribution in [1.29, 1.82) is 0 Å². The van der Waals surface area contributed by atoms with Gasteiger partial charge in [-0.3, -0.25) is 0 Å². The van der Waals surface area contributed by atoms with E-state index in [2.05, 4.69) is 21.8 Å². The third-order valence-corrected chi connectivity index (χ3v) is 3.85. The number of carboxylic acid groups (broad SMARTS) is 1. The number of likely N-dealkylation sites (N-methyl/N-ethyl adjacent to an activating group) is 2. The number of aromatic carboxylic acids is 1. The Labute approximate surface area is 113 Å². The summed E-state index contributed by atoms with van der Waals surface area (Å²) < 4.78 is 0. The Hall–Kier alpha value is -1.62. The minimum atomic E-state index is -0.922. The van der Waals surface area contributed by atoms with Crippen molar-refractivity contribution in [3.8, 4) is 0 Å². The zero-order chi connectivity index (χ0) is 14.0. The minimum absolute atomic E-state index is 0.273. The fourth-order valence-electron chi connectivity index (χ4n) is 2.61. The topological polar surface area (TPSA) is 56.7 Å². The molecular weight excluding hydrogens is 242 g/mol. The maximum absolute atomic E-state index is 11.0. The Morgan fingerprint density at radius 1 is 1.58 bits per heavy atom. The van der Waals surface area contributed by atoms with Gasteiger partial charge in [0.05, 0.1) is 11.3 Å². The average Bonchev–Trinajstić information content (AvgIpc) is 2.74. The summed E-state index contributed by atoms with van der Waals surface area (Å²) in [6.45, 7) is 3.82. The first-order valence-corrected chi connectivity index (χ1v) is 6.61. The molecule has 1 aromatic rings. The lowest BCUT2D eigenvalue weighted by atomic mass is 10.2. The third kappa shape index (κ3) is 3.04. The summed E-state index contributed by atoms with van der Waals surface area (Å²) in [7, 11) is 4.16. The zero-order valence-corrected chi connectivity index (χ0v) is 11.8. The molecule has 0 radical (unpaired) electrons. The van der Waals surface area contributed by atoms with E-state index in [9.17, 15) is 4.79 Å². The van der Waals surface area contributed by atoms with Gasteiger partial charge < -0.3 is 14.9 Å². The summed E-state index contributed by atoms with van der Waals surface area (Å²) in [5.74, 6) is -0.0856. The van der Waals surface area contributed by atoms with Crippen LogP contribution in [0.1, 0.15) is 28.9 Å². The third-order valence-electron chi connectivity index (χ3n) is 3.85. The van der Waals surface area contributed by atoms with Crippen LogP contribution in [-0.2, 0) is 0 Å². The van der Waals surface area contributed by atoms with Crippen molar-refractivity contribution in [2.45, 2.75) is 25.8 Å². The van der Waals surface area contributed by atoms with Gasteiger partial charge in [0.25, 0.3) is 0 Å². The van der Waals surface area contributed by atoms with E-state index in [1.807, 2.05) is 7.05 Å². The SMILES string of the molecule is Cc1nc(N(C)CC2CCCN2C)ccc1C(=O)O. The van der Waals surface area contributed by atoms with Crippen molar-refractivity contribution in [2.75, 3.05) is 32.1 Å². The van der Waals surface area contributed by atoms with E-state index in [0.717, 1.165) is 18.9 Å². The Kier molecular flexibility index (Phi) is 4.04. The van der Waals surface area contributed by atoms with Crippen molar-refractivity contribution >= 4 is 11.8 Å². The number of anilines is 1. The molecule has 1 aromatic heterocycles. The number of hydrogen-bond acceptors (Lipinski definition) is 4. The summed E-state index contributed by atoms with van der Waals surface area (Å²) in [5.41, 5.74) is 0.840. The smallest absolute Gasteiger partial charge is 0.337 e. The Morgan fingerprint density at radius 2 is 2.32 bits per heavy atom. The van der Waals surface area contributed by atoms with Crippen molar-refractivity contribution in [1.82, 2.24) is 9.88 Å². The number of pyridine rings is 1. The van der Waals surface area contributed by atoms with E-state index in [-0.39, 0.29) is 5.56 Å². The van der Waals surface area contributed by atoms with Crippen LogP contribution in [0.2, 0.25) is 0 Å². The highest BCUT2D eigenvalue weighted by Gasteiger charge is 2.22. The minimum Gasteiger partial charge on any atom is -0.478 e. The van der Waals surface area contributed by atoms with Gasteiger partial charge >= 0.3 is 5.97 Å². The summed E-state index contributed by atoms with van der Waals surface area (Å²) in [6, 6.07) is 3.98. The molecule has 1 N–H and O–H groups in total. The number of hydrogen-bond donors (Lipinski definition) is 1.